The van der Waals surface area contributed by atoms with Gasteiger partial charge in [-0.3, -0.25) is 4.79 Å². The van der Waals surface area contributed by atoms with Crippen LogP contribution in [0.25, 0.3) is 0 Å². The van der Waals surface area contributed by atoms with E-state index >= 15 is 0 Å². The van der Waals surface area contributed by atoms with Crippen molar-refractivity contribution in [2.45, 2.75) is 13.8 Å². The van der Waals surface area contributed by atoms with E-state index in [1.807, 2.05) is 31.3 Å². The second-order valence-corrected chi connectivity index (χ2v) is 3.93. The zero-order valence-corrected chi connectivity index (χ0v) is 9.50. The van der Waals surface area contributed by atoms with Crippen molar-refractivity contribution in [3.05, 3.63) is 29.8 Å². The number of hydrogen-bond donors (Lipinski definition) is 2. The molecule has 3 heteroatoms. The molecule has 0 atom stereocenters. The van der Waals surface area contributed by atoms with Gasteiger partial charge in [0.25, 0.3) is 5.91 Å². The van der Waals surface area contributed by atoms with Gasteiger partial charge in [-0.25, -0.2) is 0 Å². The molecule has 82 valence electrons. The molecule has 1 rings (SSSR count). The summed E-state index contributed by atoms with van der Waals surface area (Å²) in [6.07, 6.45) is 0. The molecule has 0 aliphatic heterocycles. The highest BCUT2D eigenvalue weighted by Gasteiger charge is 2.05. The van der Waals surface area contributed by atoms with E-state index in [4.69, 9.17) is 0 Å². The molecule has 0 aromatic heterocycles. The third-order valence-electron chi connectivity index (χ3n) is 2.08. The molecule has 3 nitrogen and oxygen atoms in total. The molecule has 0 unspecified atom stereocenters. The SMILES string of the molecule is CNc1cccc(C(=O)NCC(C)C)c1. The van der Waals surface area contributed by atoms with Crippen LogP contribution in [0.3, 0.4) is 0 Å². The van der Waals surface area contributed by atoms with Crippen molar-refractivity contribution in [1.82, 2.24) is 5.32 Å². The molecule has 0 spiro atoms. The summed E-state index contributed by atoms with van der Waals surface area (Å²) in [4.78, 5) is 11.7. The van der Waals surface area contributed by atoms with Gasteiger partial charge in [-0.05, 0) is 24.1 Å². The molecule has 15 heavy (non-hydrogen) atoms. The van der Waals surface area contributed by atoms with Crippen LogP contribution in [-0.2, 0) is 0 Å². The monoisotopic (exact) mass is 206 g/mol. The largest absolute Gasteiger partial charge is 0.388 e. The first-order chi connectivity index (χ1) is 7.13. The fourth-order valence-corrected chi connectivity index (χ4v) is 1.21. The van der Waals surface area contributed by atoms with Crippen molar-refractivity contribution < 1.29 is 4.79 Å². The first kappa shape index (κ1) is 11.6. The minimum atomic E-state index is -0.0131. The lowest BCUT2D eigenvalue weighted by atomic mass is 10.1. The van der Waals surface area contributed by atoms with Crippen LogP contribution in [-0.4, -0.2) is 19.5 Å². The quantitative estimate of drug-likeness (QED) is 0.792. The van der Waals surface area contributed by atoms with Crippen LogP contribution in [0.2, 0.25) is 0 Å². The highest BCUT2D eigenvalue weighted by molar-refractivity contribution is 5.95. The molecule has 1 aromatic rings. The standard InChI is InChI=1S/C12H18N2O/c1-9(2)8-14-12(15)10-5-4-6-11(7-10)13-3/h4-7,9,13H,8H2,1-3H3,(H,14,15). The Kier molecular flexibility index (Phi) is 4.16. The predicted octanol–water partition coefficient (Wildman–Crippen LogP) is 2.11. The van der Waals surface area contributed by atoms with Crippen molar-refractivity contribution in [3.8, 4) is 0 Å². The van der Waals surface area contributed by atoms with E-state index < -0.39 is 0 Å². The van der Waals surface area contributed by atoms with Crippen molar-refractivity contribution >= 4 is 11.6 Å². The third kappa shape index (κ3) is 3.62. The summed E-state index contributed by atoms with van der Waals surface area (Å²) in [5, 5.41) is 5.89. The summed E-state index contributed by atoms with van der Waals surface area (Å²) >= 11 is 0. The van der Waals surface area contributed by atoms with Crippen LogP contribution >= 0.6 is 0 Å². The zero-order chi connectivity index (χ0) is 11.3. The van der Waals surface area contributed by atoms with Gasteiger partial charge in [0.1, 0.15) is 0 Å². The Hall–Kier alpha value is -1.51. The summed E-state index contributed by atoms with van der Waals surface area (Å²) in [7, 11) is 1.84. The van der Waals surface area contributed by atoms with Gasteiger partial charge < -0.3 is 10.6 Å². The van der Waals surface area contributed by atoms with E-state index in [0.29, 0.717) is 18.0 Å². The summed E-state index contributed by atoms with van der Waals surface area (Å²) in [6.45, 7) is 4.86. The molecule has 1 aromatic carbocycles. The summed E-state index contributed by atoms with van der Waals surface area (Å²) in [6, 6.07) is 7.46. The topological polar surface area (TPSA) is 41.1 Å². The fraction of sp³-hybridized carbons (Fsp3) is 0.417. The van der Waals surface area contributed by atoms with Gasteiger partial charge in [0.05, 0.1) is 0 Å². The van der Waals surface area contributed by atoms with Crippen LogP contribution in [0.15, 0.2) is 24.3 Å². The highest BCUT2D eigenvalue weighted by atomic mass is 16.1. The number of hydrogen-bond acceptors (Lipinski definition) is 2. The van der Waals surface area contributed by atoms with Crippen molar-refractivity contribution in [2.24, 2.45) is 5.92 Å². The van der Waals surface area contributed by atoms with Gasteiger partial charge in [0.15, 0.2) is 0 Å². The molecular formula is C12H18N2O. The number of anilines is 1. The number of carbonyl (C=O) groups is 1. The zero-order valence-electron chi connectivity index (χ0n) is 9.50. The molecule has 0 saturated carbocycles. The molecule has 2 N–H and O–H groups in total. The van der Waals surface area contributed by atoms with E-state index in [0.717, 1.165) is 5.69 Å². The molecule has 0 bridgehead atoms. The minimum absolute atomic E-state index is 0.0131. The fourth-order valence-electron chi connectivity index (χ4n) is 1.21. The van der Waals surface area contributed by atoms with E-state index in [2.05, 4.69) is 24.5 Å². The lowest BCUT2D eigenvalue weighted by Gasteiger charge is -2.08. The number of carbonyl (C=O) groups excluding carboxylic acids is 1. The molecule has 0 saturated heterocycles. The van der Waals surface area contributed by atoms with Crippen LogP contribution in [0.4, 0.5) is 5.69 Å². The van der Waals surface area contributed by atoms with Crippen molar-refractivity contribution in [1.29, 1.82) is 0 Å². The maximum atomic E-state index is 11.7. The van der Waals surface area contributed by atoms with Gasteiger partial charge >= 0.3 is 0 Å². The van der Waals surface area contributed by atoms with Crippen LogP contribution in [0.5, 0.6) is 0 Å². The highest BCUT2D eigenvalue weighted by Crippen LogP contribution is 2.09. The first-order valence-electron chi connectivity index (χ1n) is 5.19. The molecule has 0 fully saturated rings. The maximum absolute atomic E-state index is 11.7. The van der Waals surface area contributed by atoms with E-state index in [9.17, 15) is 4.79 Å². The molecule has 0 aliphatic carbocycles. The molecule has 1 amide bonds. The molecular weight excluding hydrogens is 188 g/mol. The van der Waals surface area contributed by atoms with Gasteiger partial charge in [-0.2, -0.15) is 0 Å². The second kappa shape index (κ2) is 5.39. The Balaban J connectivity index is 2.65. The van der Waals surface area contributed by atoms with Gasteiger partial charge in [0, 0.05) is 24.8 Å². The van der Waals surface area contributed by atoms with E-state index in [1.165, 1.54) is 0 Å². The average molecular weight is 206 g/mol. The molecule has 0 heterocycles. The van der Waals surface area contributed by atoms with Gasteiger partial charge in [0.2, 0.25) is 0 Å². The third-order valence-corrected chi connectivity index (χ3v) is 2.08. The summed E-state index contributed by atoms with van der Waals surface area (Å²) in [5.41, 5.74) is 1.65. The normalized spacial score (nSPS) is 10.1. The maximum Gasteiger partial charge on any atom is 0.251 e. The van der Waals surface area contributed by atoms with E-state index in [-0.39, 0.29) is 5.91 Å². The average Bonchev–Trinajstić information content (AvgIpc) is 2.26. The summed E-state index contributed by atoms with van der Waals surface area (Å²) < 4.78 is 0. The lowest BCUT2D eigenvalue weighted by molar-refractivity contribution is 0.0949. The number of rotatable bonds is 4. The van der Waals surface area contributed by atoms with Gasteiger partial charge in [-0.15, -0.1) is 0 Å². The van der Waals surface area contributed by atoms with Gasteiger partial charge in [-0.1, -0.05) is 19.9 Å². The summed E-state index contributed by atoms with van der Waals surface area (Å²) in [5.74, 6) is 0.460. The van der Waals surface area contributed by atoms with Crippen molar-refractivity contribution in [3.63, 3.8) is 0 Å². The van der Waals surface area contributed by atoms with E-state index in [1.54, 1.807) is 0 Å². The second-order valence-electron chi connectivity index (χ2n) is 3.93. The Morgan fingerprint density at radius 2 is 2.13 bits per heavy atom. The van der Waals surface area contributed by atoms with Crippen LogP contribution in [0.1, 0.15) is 24.2 Å². The van der Waals surface area contributed by atoms with Crippen LogP contribution < -0.4 is 10.6 Å². The first-order valence-corrected chi connectivity index (χ1v) is 5.19. The number of nitrogens with one attached hydrogen (secondary N) is 2. The number of amides is 1. The molecule has 0 radical (unpaired) electrons. The predicted molar refractivity (Wildman–Crippen MR) is 63.2 cm³/mol. The van der Waals surface area contributed by atoms with Crippen molar-refractivity contribution in [2.75, 3.05) is 18.9 Å². The Morgan fingerprint density at radius 3 is 2.73 bits per heavy atom. The molecule has 0 aliphatic rings. The van der Waals surface area contributed by atoms with Crippen LogP contribution in [0, 0.1) is 5.92 Å². The smallest absolute Gasteiger partial charge is 0.251 e. The Morgan fingerprint density at radius 1 is 1.40 bits per heavy atom. The lowest BCUT2D eigenvalue weighted by Crippen LogP contribution is -2.27. The number of benzene rings is 1. The Labute approximate surface area is 90.9 Å². The minimum Gasteiger partial charge on any atom is -0.388 e. The Bertz CT molecular complexity index is 334.